The van der Waals surface area contributed by atoms with Gasteiger partial charge in [-0.05, 0) is 88.1 Å². The summed E-state index contributed by atoms with van der Waals surface area (Å²) < 4.78 is 33.8. The van der Waals surface area contributed by atoms with E-state index >= 15 is 0 Å². The Bertz CT molecular complexity index is 1450. The van der Waals surface area contributed by atoms with Gasteiger partial charge in [0, 0.05) is 31.7 Å². The first kappa shape index (κ1) is 34.1. The van der Waals surface area contributed by atoms with E-state index in [2.05, 4.69) is 55.2 Å². The maximum atomic E-state index is 13.0. The minimum Gasteiger partial charge on any atom is -0.370 e. The van der Waals surface area contributed by atoms with E-state index in [0.717, 1.165) is 38.6 Å². The van der Waals surface area contributed by atoms with E-state index in [4.69, 9.17) is 16.3 Å². The lowest BCUT2D eigenvalue weighted by Gasteiger charge is -2.19. The molecule has 0 spiro atoms. The zero-order chi connectivity index (χ0) is 32.1. The third-order valence-electron chi connectivity index (χ3n) is 7.89. The van der Waals surface area contributed by atoms with Gasteiger partial charge in [-0.1, -0.05) is 38.4 Å². The van der Waals surface area contributed by atoms with Crippen LogP contribution in [0.1, 0.15) is 83.5 Å². The standard InChI is InChI=1S/C31H45ClN6O5S/c1-30(2,3)15-8-18-43-23-14-17-38(29(23)40)25-13-12-22(27(32)36-25)28(39)37-44(41,42)26-11-6-10-24(35-26)33-16-7-9-21-19-31(4,5)34-20-21/h6,10-13,21,23,34H,7-9,14-20H2,1-5H3,(H,33,35)(H,37,39)/t21-,23?/m0/s1. The maximum Gasteiger partial charge on any atom is 0.281 e. The summed E-state index contributed by atoms with van der Waals surface area (Å²) >= 11 is 6.30. The van der Waals surface area contributed by atoms with Crippen molar-refractivity contribution in [2.24, 2.45) is 11.3 Å². The van der Waals surface area contributed by atoms with E-state index in [1.165, 1.54) is 23.1 Å². The third kappa shape index (κ3) is 9.35. The first-order chi connectivity index (χ1) is 20.6. The fraction of sp³-hybridized carbons (Fsp3) is 0.613. The molecule has 13 heteroatoms. The molecule has 2 amide bonds. The Morgan fingerprint density at radius 2 is 1.95 bits per heavy atom. The molecule has 2 aromatic heterocycles. The lowest BCUT2D eigenvalue weighted by atomic mass is 9.91. The molecule has 0 bridgehead atoms. The summed E-state index contributed by atoms with van der Waals surface area (Å²) in [5.74, 6) is 0.125. The number of anilines is 2. The molecule has 2 aliphatic heterocycles. The first-order valence-corrected chi connectivity index (χ1v) is 17.1. The Labute approximate surface area is 265 Å². The van der Waals surface area contributed by atoms with Gasteiger partial charge in [0.15, 0.2) is 5.03 Å². The summed E-state index contributed by atoms with van der Waals surface area (Å²) in [4.78, 5) is 35.7. The van der Waals surface area contributed by atoms with Crippen molar-refractivity contribution in [3.8, 4) is 0 Å². The topological polar surface area (TPSA) is 143 Å². The fourth-order valence-corrected chi connectivity index (χ4v) is 6.77. The van der Waals surface area contributed by atoms with E-state index < -0.39 is 22.0 Å². The number of pyridine rings is 2. The second-order valence-corrected chi connectivity index (χ2v) is 15.5. The summed E-state index contributed by atoms with van der Waals surface area (Å²) in [7, 11) is -4.29. The lowest BCUT2D eigenvalue weighted by molar-refractivity contribution is -0.127. The van der Waals surface area contributed by atoms with Crippen molar-refractivity contribution in [1.82, 2.24) is 20.0 Å². The number of amides is 2. The highest BCUT2D eigenvalue weighted by atomic mass is 35.5. The van der Waals surface area contributed by atoms with Gasteiger partial charge in [0.2, 0.25) is 0 Å². The van der Waals surface area contributed by atoms with E-state index in [-0.39, 0.29) is 38.4 Å². The van der Waals surface area contributed by atoms with Gasteiger partial charge in [0.1, 0.15) is 22.9 Å². The van der Waals surface area contributed by atoms with Crippen LogP contribution in [0.5, 0.6) is 0 Å². The Kier molecular flexibility index (Phi) is 10.9. The second-order valence-electron chi connectivity index (χ2n) is 13.5. The number of nitrogens with zero attached hydrogens (tertiary/aromatic N) is 3. The Morgan fingerprint density at radius 1 is 1.18 bits per heavy atom. The van der Waals surface area contributed by atoms with Crippen LogP contribution in [-0.2, 0) is 19.6 Å². The molecule has 0 aromatic carbocycles. The van der Waals surface area contributed by atoms with Crippen LogP contribution in [0.2, 0.25) is 5.15 Å². The molecule has 2 aliphatic rings. The van der Waals surface area contributed by atoms with Gasteiger partial charge >= 0.3 is 0 Å². The largest absolute Gasteiger partial charge is 0.370 e. The first-order valence-electron chi connectivity index (χ1n) is 15.3. The van der Waals surface area contributed by atoms with E-state index in [1.807, 2.05) is 4.72 Å². The van der Waals surface area contributed by atoms with Crippen LogP contribution in [0.4, 0.5) is 11.6 Å². The highest BCUT2D eigenvalue weighted by molar-refractivity contribution is 7.90. The number of rotatable bonds is 13. The molecule has 2 fully saturated rings. The molecule has 2 aromatic rings. The number of halogens is 1. The maximum absolute atomic E-state index is 13.0. The molecule has 2 saturated heterocycles. The van der Waals surface area contributed by atoms with Gasteiger partial charge in [0.25, 0.3) is 21.8 Å². The van der Waals surface area contributed by atoms with Gasteiger partial charge in [-0.25, -0.2) is 14.7 Å². The zero-order valence-electron chi connectivity index (χ0n) is 26.3. The van der Waals surface area contributed by atoms with Crippen molar-refractivity contribution in [1.29, 1.82) is 0 Å². The predicted octanol–water partition coefficient (Wildman–Crippen LogP) is 4.78. The number of hydrogen-bond acceptors (Lipinski definition) is 9. The zero-order valence-corrected chi connectivity index (χ0v) is 27.9. The number of ether oxygens (including phenoxy) is 1. The molecule has 2 atom stereocenters. The number of carbonyl (C=O) groups excluding carboxylic acids is 2. The SMILES string of the molecule is CC(C)(C)CCCOC1CCN(c2ccc(C(=O)NS(=O)(=O)c3cccc(NCCC[C@@H]4CNC(C)(C)C4)n3)c(Cl)n2)C1=O. The number of aromatic nitrogens is 2. The van der Waals surface area contributed by atoms with E-state index in [9.17, 15) is 18.0 Å². The number of carbonyl (C=O) groups is 2. The van der Waals surface area contributed by atoms with Crippen LogP contribution in [0.3, 0.4) is 0 Å². The fourth-order valence-electron chi connectivity index (χ4n) is 5.60. The predicted molar refractivity (Wildman–Crippen MR) is 171 cm³/mol. The van der Waals surface area contributed by atoms with Crippen molar-refractivity contribution >= 4 is 45.1 Å². The van der Waals surface area contributed by atoms with Crippen molar-refractivity contribution in [3.63, 3.8) is 0 Å². The summed E-state index contributed by atoms with van der Waals surface area (Å²) in [5.41, 5.74) is 0.233. The average molecular weight is 649 g/mol. The Balaban J connectivity index is 1.30. The van der Waals surface area contributed by atoms with Gasteiger partial charge in [-0.3, -0.25) is 14.5 Å². The highest BCUT2D eigenvalue weighted by Crippen LogP contribution is 2.28. The number of nitrogens with one attached hydrogen (secondary N) is 3. The van der Waals surface area contributed by atoms with Crippen LogP contribution in [0.15, 0.2) is 35.4 Å². The Morgan fingerprint density at radius 3 is 2.64 bits per heavy atom. The smallest absolute Gasteiger partial charge is 0.281 e. The van der Waals surface area contributed by atoms with Crippen molar-refractivity contribution in [2.75, 3.05) is 36.5 Å². The lowest BCUT2D eigenvalue weighted by Crippen LogP contribution is -2.33. The third-order valence-corrected chi connectivity index (χ3v) is 9.41. The normalized spacial score (nSPS) is 20.2. The summed E-state index contributed by atoms with van der Waals surface area (Å²) in [6, 6.07) is 7.39. The number of hydrogen-bond donors (Lipinski definition) is 3. The molecule has 0 aliphatic carbocycles. The van der Waals surface area contributed by atoms with E-state index in [1.54, 1.807) is 12.1 Å². The minimum absolute atomic E-state index is 0.139. The van der Waals surface area contributed by atoms with Crippen molar-refractivity contribution < 1.29 is 22.7 Å². The van der Waals surface area contributed by atoms with Crippen LogP contribution in [0.25, 0.3) is 0 Å². The summed E-state index contributed by atoms with van der Waals surface area (Å²) in [5, 5.41) is 6.18. The molecule has 242 valence electrons. The van der Waals surface area contributed by atoms with Gasteiger partial charge < -0.3 is 15.4 Å². The molecular formula is C31H45ClN6O5S. The molecule has 4 heterocycles. The molecule has 0 radical (unpaired) electrons. The van der Waals surface area contributed by atoms with Crippen LogP contribution >= 0.6 is 11.6 Å². The molecule has 4 rings (SSSR count). The average Bonchev–Trinajstić information content (AvgIpc) is 3.48. The monoisotopic (exact) mass is 648 g/mol. The molecule has 44 heavy (non-hydrogen) atoms. The van der Waals surface area contributed by atoms with Crippen molar-refractivity contribution in [3.05, 3.63) is 41.0 Å². The molecular weight excluding hydrogens is 604 g/mol. The van der Waals surface area contributed by atoms with Gasteiger partial charge in [0.05, 0.1) is 5.56 Å². The quantitative estimate of drug-likeness (QED) is 0.207. The number of sulfonamides is 1. The summed E-state index contributed by atoms with van der Waals surface area (Å²) in [6.07, 6.45) is 4.92. The van der Waals surface area contributed by atoms with Crippen LogP contribution in [-0.4, -0.2) is 68.1 Å². The second kappa shape index (κ2) is 14.1. The molecule has 11 nitrogen and oxygen atoms in total. The van der Waals surface area contributed by atoms with Crippen molar-refractivity contribution in [2.45, 2.75) is 89.8 Å². The molecule has 0 saturated carbocycles. The minimum atomic E-state index is -4.29. The molecule has 3 N–H and O–H groups in total. The summed E-state index contributed by atoms with van der Waals surface area (Å²) in [6.45, 7) is 13.4. The van der Waals surface area contributed by atoms with E-state index in [0.29, 0.717) is 37.9 Å². The van der Waals surface area contributed by atoms with Gasteiger partial charge in [-0.15, -0.1) is 0 Å². The Hall–Kier alpha value is -2.80. The van der Waals surface area contributed by atoms with Crippen LogP contribution < -0.4 is 20.3 Å². The highest BCUT2D eigenvalue weighted by Gasteiger charge is 2.35. The van der Waals surface area contributed by atoms with Gasteiger partial charge in [-0.2, -0.15) is 8.42 Å². The van der Waals surface area contributed by atoms with Crippen LogP contribution in [0, 0.1) is 11.3 Å². The molecule has 1 unspecified atom stereocenters.